The normalized spacial score (nSPS) is 16.4. The lowest BCUT2D eigenvalue weighted by Gasteiger charge is -2.22. The van der Waals surface area contributed by atoms with Gasteiger partial charge in [0.25, 0.3) is 0 Å². The number of carbonyl (C=O) groups is 1. The number of amides is 1. The summed E-state index contributed by atoms with van der Waals surface area (Å²) in [6, 6.07) is 3.32. The molecule has 1 amide bonds. The molecule has 3 N–H and O–H groups in total. The van der Waals surface area contributed by atoms with Gasteiger partial charge in [-0.25, -0.2) is 4.98 Å². The molecule has 0 spiro atoms. The molecule has 0 saturated carbocycles. The fourth-order valence-corrected chi connectivity index (χ4v) is 2.11. The molecule has 0 bridgehead atoms. The maximum Gasteiger partial charge on any atom is 0.250 e. The average Bonchev–Trinajstić information content (AvgIpc) is 2.40. The van der Waals surface area contributed by atoms with E-state index in [1.54, 1.807) is 12.1 Å². The lowest BCUT2D eigenvalue weighted by molar-refractivity contribution is 0.1000. The fraction of sp³-hybridized carbons (Fsp3) is 0.538. The van der Waals surface area contributed by atoms with Crippen LogP contribution in [0, 0.1) is 5.92 Å². The van der Waals surface area contributed by atoms with Crippen LogP contribution < -0.4 is 15.8 Å². The molecular weight excluding hydrogens is 230 g/mol. The van der Waals surface area contributed by atoms with Crippen LogP contribution in [0.4, 0.5) is 0 Å². The van der Waals surface area contributed by atoms with Gasteiger partial charge in [0.15, 0.2) is 0 Å². The molecule has 98 valence electrons. The van der Waals surface area contributed by atoms with Gasteiger partial charge in [-0.15, -0.1) is 0 Å². The summed E-state index contributed by atoms with van der Waals surface area (Å²) in [5, 5.41) is 3.34. The van der Waals surface area contributed by atoms with E-state index in [1.165, 1.54) is 19.0 Å². The van der Waals surface area contributed by atoms with Gasteiger partial charge in [-0.2, -0.15) is 0 Å². The summed E-state index contributed by atoms with van der Waals surface area (Å²) in [6.07, 6.45) is 4.94. The van der Waals surface area contributed by atoms with Crippen molar-refractivity contribution in [2.45, 2.75) is 19.3 Å². The van der Waals surface area contributed by atoms with E-state index in [1.807, 2.05) is 0 Å². The van der Waals surface area contributed by atoms with E-state index in [2.05, 4.69) is 10.3 Å². The Morgan fingerprint density at radius 2 is 2.22 bits per heavy atom. The van der Waals surface area contributed by atoms with E-state index in [0.717, 1.165) is 25.4 Å². The number of aromatic nitrogens is 1. The largest absolute Gasteiger partial charge is 0.478 e. The minimum atomic E-state index is -0.469. The summed E-state index contributed by atoms with van der Waals surface area (Å²) in [6.45, 7) is 2.89. The first-order chi connectivity index (χ1) is 8.75. The molecule has 1 aromatic rings. The smallest absolute Gasteiger partial charge is 0.250 e. The molecule has 0 atom stereocenters. The number of ether oxygens (including phenoxy) is 1. The van der Waals surface area contributed by atoms with Crippen molar-refractivity contribution in [2.75, 3.05) is 19.7 Å². The lowest BCUT2D eigenvalue weighted by Crippen LogP contribution is -2.28. The molecule has 5 nitrogen and oxygen atoms in total. The van der Waals surface area contributed by atoms with Crippen LogP contribution in [0.1, 0.15) is 29.6 Å². The van der Waals surface area contributed by atoms with Crippen LogP contribution in [0.15, 0.2) is 18.3 Å². The highest BCUT2D eigenvalue weighted by Crippen LogP contribution is 2.16. The number of primary amides is 1. The van der Waals surface area contributed by atoms with Crippen molar-refractivity contribution >= 4 is 5.91 Å². The highest BCUT2D eigenvalue weighted by atomic mass is 16.5. The molecule has 2 heterocycles. The van der Waals surface area contributed by atoms with Gasteiger partial charge in [0.2, 0.25) is 11.8 Å². The van der Waals surface area contributed by atoms with E-state index in [9.17, 15) is 4.79 Å². The molecule has 0 aliphatic carbocycles. The Hall–Kier alpha value is -1.62. The summed E-state index contributed by atoms with van der Waals surface area (Å²) in [5.41, 5.74) is 5.54. The molecule has 18 heavy (non-hydrogen) atoms. The zero-order chi connectivity index (χ0) is 12.8. The van der Waals surface area contributed by atoms with Crippen molar-refractivity contribution in [3.05, 3.63) is 23.9 Å². The monoisotopic (exact) mass is 249 g/mol. The van der Waals surface area contributed by atoms with Crippen LogP contribution in [0.5, 0.6) is 5.88 Å². The average molecular weight is 249 g/mol. The van der Waals surface area contributed by atoms with Crippen molar-refractivity contribution in [1.82, 2.24) is 10.3 Å². The predicted molar refractivity (Wildman–Crippen MR) is 68.5 cm³/mol. The van der Waals surface area contributed by atoms with Gasteiger partial charge in [0.1, 0.15) is 0 Å². The number of nitrogens with one attached hydrogen (secondary N) is 1. The third kappa shape index (κ3) is 3.70. The van der Waals surface area contributed by atoms with Gasteiger partial charge in [0.05, 0.1) is 12.2 Å². The Labute approximate surface area is 107 Å². The first-order valence-corrected chi connectivity index (χ1v) is 6.35. The Kier molecular flexibility index (Phi) is 4.52. The number of carbonyl (C=O) groups excluding carboxylic acids is 1. The number of piperidine rings is 1. The SMILES string of the molecule is NC(=O)c1ccc(OCCC2CCNCC2)nc1. The molecule has 1 aliphatic heterocycles. The molecule has 1 saturated heterocycles. The molecule has 1 aromatic heterocycles. The van der Waals surface area contributed by atoms with Crippen molar-refractivity contribution in [1.29, 1.82) is 0 Å². The van der Waals surface area contributed by atoms with Gasteiger partial charge < -0.3 is 15.8 Å². The van der Waals surface area contributed by atoms with Crippen LogP contribution in [0.2, 0.25) is 0 Å². The van der Waals surface area contributed by atoms with Crippen molar-refractivity contribution in [3.63, 3.8) is 0 Å². The third-order valence-electron chi connectivity index (χ3n) is 3.26. The maximum absolute atomic E-state index is 10.9. The lowest BCUT2D eigenvalue weighted by atomic mass is 9.95. The van der Waals surface area contributed by atoms with Gasteiger partial charge in [-0.3, -0.25) is 4.79 Å². The minimum absolute atomic E-state index is 0.403. The zero-order valence-electron chi connectivity index (χ0n) is 10.4. The summed E-state index contributed by atoms with van der Waals surface area (Å²) in [5.74, 6) is 0.828. The van der Waals surface area contributed by atoms with Crippen LogP contribution in [-0.2, 0) is 0 Å². The predicted octanol–water partition coefficient (Wildman–Crippen LogP) is 0.949. The number of nitrogens with two attached hydrogens (primary N) is 1. The van der Waals surface area contributed by atoms with Crippen LogP contribution in [0.25, 0.3) is 0 Å². The van der Waals surface area contributed by atoms with E-state index in [4.69, 9.17) is 10.5 Å². The first-order valence-electron chi connectivity index (χ1n) is 6.35. The minimum Gasteiger partial charge on any atom is -0.478 e. The number of nitrogens with zero attached hydrogens (tertiary/aromatic N) is 1. The number of hydrogen-bond acceptors (Lipinski definition) is 4. The Bertz CT molecular complexity index is 386. The highest BCUT2D eigenvalue weighted by molar-refractivity contribution is 5.92. The Morgan fingerprint density at radius 1 is 1.44 bits per heavy atom. The fourth-order valence-electron chi connectivity index (χ4n) is 2.11. The molecule has 0 aromatic carbocycles. The molecular formula is C13H19N3O2. The van der Waals surface area contributed by atoms with E-state index in [-0.39, 0.29) is 0 Å². The molecule has 2 rings (SSSR count). The van der Waals surface area contributed by atoms with Crippen molar-refractivity contribution in [2.24, 2.45) is 11.7 Å². The first kappa shape index (κ1) is 12.8. The number of hydrogen-bond donors (Lipinski definition) is 2. The molecule has 0 radical (unpaired) electrons. The third-order valence-corrected chi connectivity index (χ3v) is 3.26. The zero-order valence-corrected chi connectivity index (χ0v) is 10.4. The second-order valence-electron chi connectivity index (χ2n) is 4.58. The van der Waals surface area contributed by atoms with Gasteiger partial charge in [-0.05, 0) is 44.3 Å². The highest BCUT2D eigenvalue weighted by Gasteiger charge is 2.12. The standard InChI is InChI=1S/C13H19N3O2/c14-13(17)11-1-2-12(16-9-11)18-8-5-10-3-6-15-7-4-10/h1-2,9-10,15H,3-8H2,(H2,14,17). The van der Waals surface area contributed by atoms with Gasteiger partial charge >= 0.3 is 0 Å². The van der Waals surface area contributed by atoms with Gasteiger partial charge in [-0.1, -0.05) is 0 Å². The van der Waals surface area contributed by atoms with Crippen LogP contribution >= 0.6 is 0 Å². The number of pyridine rings is 1. The summed E-state index contributed by atoms with van der Waals surface area (Å²) in [4.78, 5) is 14.9. The second-order valence-corrected chi connectivity index (χ2v) is 4.58. The molecule has 1 aliphatic rings. The van der Waals surface area contributed by atoms with Crippen LogP contribution in [-0.4, -0.2) is 30.6 Å². The topological polar surface area (TPSA) is 77.2 Å². The van der Waals surface area contributed by atoms with Gasteiger partial charge in [0, 0.05) is 12.3 Å². The van der Waals surface area contributed by atoms with E-state index < -0.39 is 5.91 Å². The molecule has 1 fully saturated rings. The van der Waals surface area contributed by atoms with Crippen LogP contribution in [0.3, 0.4) is 0 Å². The number of rotatable bonds is 5. The second kappa shape index (κ2) is 6.35. The van der Waals surface area contributed by atoms with E-state index in [0.29, 0.717) is 18.1 Å². The Balaban J connectivity index is 1.74. The molecule has 5 heteroatoms. The summed E-state index contributed by atoms with van der Waals surface area (Å²) >= 11 is 0. The van der Waals surface area contributed by atoms with E-state index >= 15 is 0 Å². The maximum atomic E-state index is 10.9. The molecule has 0 unspecified atom stereocenters. The van der Waals surface area contributed by atoms with Crippen molar-refractivity contribution < 1.29 is 9.53 Å². The quantitative estimate of drug-likeness (QED) is 0.814. The Morgan fingerprint density at radius 3 is 2.83 bits per heavy atom. The summed E-state index contributed by atoms with van der Waals surface area (Å²) < 4.78 is 5.56. The van der Waals surface area contributed by atoms with Crippen molar-refractivity contribution in [3.8, 4) is 5.88 Å². The summed E-state index contributed by atoms with van der Waals surface area (Å²) in [7, 11) is 0.